The number of H-pyrrole nitrogens is 1. The third kappa shape index (κ3) is 5.46. The van der Waals surface area contributed by atoms with Crippen molar-refractivity contribution < 1.29 is 9.59 Å². The Balaban J connectivity index is 1.96. The third-order valence-corrected chi connectivity index (χ3v) is 4.15. The number of rotatable bonds is 6. The maximum atomic E-state index is 11.9. The summed E-state index contributed by atoms with van der Waals surface area (Å²) in [5.41, 5.74) is 0.992. The topological polar surface area (TPSA) is 98.9 Å². The van der Waals surface area contributed by atoms with Crippen molar-refractivity contribution in [2.45, 2.75) is 12.3 Å². The lowest BCUT2D eigenvalue weighted by molar-refractivity contribution is -0.120. The SMILES string of the molecule is CNC(=O)CC(CNC(=O)Nc1n[nH]c(=S)s1)c1ccccc1. The molecule has 1 aromatic heterocycles. The van der Waals surface area contributed by atoms with E-state index in [-0.39, 0.29) is 17.9 Å². The minimum atomic E-state index is -0.388. The van der Waals surface area contributed by atoms with E-state index in [1.54, 1.807) is 7.05 Å². The van der Waals surface area contributed by atoms with Crippen molar-refractivity contribution >= 4 is 40.6 Å². The van der Waals surface area contributed by atoms with Crippen molar-refractivity contribution in [3.63, 3.8) is 0 Å². The first kappa shape index (κ1) is 17.1. The molecule has 1 heterocycles. The van der Waals surface area contributed by atoms with Crippen LogP contribution in [0.1, 0.15) is 17.9 Å². The van der Waals surface area contributed by atoms with Gasteiger partial charge in [0.25, 0.3) is 0 Å². The third-order valence-electron chi connectivity index (χ3n) is 3.15. The molecule has 4 N–H and O–H groups in total. The highest BCUT2D eigenvalue weighted by Gasteiger charge is 2.16. The van der Waals surface area contributed by atoms with Gasteiger partial charge in [-0.2, -0.15) is 0 Å². The Morgan fingerprint density at radius 1 is 1.35 bits per heavy atom. The first-order chi connectivity index (χ1) is 11.1. The molecule has 0 aliphatic rings. The summed E-state index contributed by atoms with van der Waals surface area (Å²) in [7, 11) is 1.59. The van der Waals surface area contributed by atoms with Crippen LogP contribution in [-0.4, -0.2) is 35.7 Å². The highest BCUT2D eigenvalue weighted by Crippen LogP contribution is 2.18. The fraction of sp³-hybridized carbons (Fsp3) is 0.286. The minimum absolute atomic E-state index is 0.0775. The summed E-state index contributed by atoms with van der Waals surface area (Å²) in [5.74, 6) is -0.189. The molecule has 0 radical (unpaired) electrons. The average Bonchev–Trinajstić information content (AvgIpc) is 2.96. The van der Waals surface area contributed by atoms with Gasteiger partial charge in [0.15, 0.2) is 3.95 Å². The smallest absolute Gasteiger partial charge is 0.321 e. The number of aromatic amines is 1. The molecular weight excluding hydrogens is 334 g/mol. The molecule has 0 aliphatic carbocycles. The van der Waals surface area contributed by atoms with Crippen LogP contribution in [0.25, 0.3) is 0 Å². The fourth-order valence-electron chi connectivity index (χ4n) is 2.00. The van der Waals surface area contributed by atoms with Gasteiger partial charge in [0.2, 0.25) is 11.0 Å². The van der Waals surface area contributed by atoms with Gasteiger partial charge in [-0.05, 0) is 17.8 Å². The molecule has 7 nitrogen and oxygen atoms in total. The molecule has 0 aliphatic heterocycles. The molecule has 1 unspecified atom stereocenters. The second-order valence-corrected chi connectivity index (χ2v) is 6.40. The summed E-state index contributed by atoms with van der Waals surface area (Å²) in [6, 6.07) is 9.21. The van der Waals surface area contributed by atoms with Crippen LogP contribution >= 0.6 is 23.6 Å². The second kappa shape index (κ2) is 8.39. The first-order valence-electron chi connectivity index (χ1n) is 6.94. The molecule has 0 saturated heterocycles. The number of urea groups is 1. The predicted molar refractivity (Wildman–Crippen MR) is 92.2 cm³/mol. The van der Waals surface area contributed by atoms with Gasteiger partial charge in [0, 0.05) is 25.9 Å². The zero-order chi connectivity index (χ0) is 16.7. The summed E-state index contributed by atoms with van der Waals surface area (Å²) in [4.78, 5) is 23.6. The number of amides is 3. The summed E-state index contributed by atoms with van der Waals surface area (Å²) in [6.07, 6.45) is 0.294. The first-order valence-corrected chi connectivity index (χ1v) is 8.17. The molecule has 0 spiro atoms. The van der Waals surface area contributed by atoms with E-state index < -0.39 is 0 Å². The van der Waals surface area contributed by atoms with Crippen LogP contribution in [0, 0.1) is 3.95 Å². The van der Waals surface area contributed by atoms with Crippen molar-refractivity contribution in [3.8, 4) is 0 Å². The average molecular weight is 351 g/mol. The fourth-order valence-corrected chi connectivity index (χ4v) is 2.78. The van der Waals surface area contributed by atoms with Crippen LogP contribution in [0.5, 0.6) is 0 Å². The number of carbonyl (C=O) groups excluding carboxylic acids is 2. The molecule has 0 saturated carbocycles. The molecule has 0 bridgehead atoms. The number of hydrogen-bond donors (Lipinski definition) is 4. The van der Waals surface area contributed by atoms with Gasteiger partial charge in [-0.1, -0.05) is 41.7 Å². The molecule has 1 aromatic carbocycles. The van der Waals surface area contributed by atoms with Gasteiger partial charge in [-0.3, -0.25) is 15.2 Å². The Morgan fingerprint density at radius 3 is 2.70 bits per heavy atom. The summed E-state index contributed by atoms with van der Waals surface area (Å²) in [6.45, 7) is 0.332. The van der Waals surface area contributed by atoms with Crippen LogP contribution in [0.3, 0.4) is 0 Å². The number of nitrogens with zero attached hydrogens (tertiary/aromatic N) is 1. The van der Waals surface area contributed by atoms with E-state index in [0.29, 0.717) is 22.1 Å². The normalized spacial score (nSPS) is 11.5. The largest absolute Gasteiger partial charge is 0.359 e. The van der Waals surface area contributed by atoms with Crippen molar-refractivity contribution in [1.29, 1.82) is 0 Å². The van der Waals surface area contributed by atoms with Gasteiger partial charge in [-0.25, -0.2) is 4.79 Å². The summed E-state index contributed by atoms with van der Waals surface area (Å²) in [5, 5.41) is 14.8. The number of aromatic nitrogens is 2. The number of hydrogen-bond acceptors (Lipinski definition) is 5. The highest BCUT2D eigenvalue weighted by atomic mass is 32.1. The van der Waals surface area contributed by atoms with Crippen molar-refractivity contribution in [3.05, 3.63) is 39.8 Å². The lowest BCUT2D eigenvalue weighted by Crippen LogP contribution is -2.34. The molecule has 122 valence electrons. The Labute approximate surface area is 142 Å². The molecule has 23 heavy (non-hydrogen) atoms. The van der Waals surface area contributed by atoms with Crippen molar-refractivity contribution in [2.24, 2.45) is 0 Å². The zero-order valence-electron chi connectivity index (χ0n) is 12.5. The molecule has 2 aromatic rings. The molecule has 3 amide bonds. The van der Waals surface area contributed by atoms with E-state index in [0.717, 1.165) is 5.56 Å². The van der Waals surface area contributed by atoms with Gasteiger partial charge in [0.05, 0.1) is 0 Å². The Hall–Kier alpha value is -2.26. The number of carbonyl (C=O) groups is 2. The van der Waals surface area contributed by atoms with Crippen LogP contribution < -0.4 is 16.0 Å². The van der Waals surface area contributed by atoms with Gasteiger partial charge in [0.1, 0.15) is 0 Å². The van der Waals surface area contributed by atoms with E-state index in [9.17, 15) is 9.59 Å². The van der Waals surface area contributed by atoms with E-state index in [2.05, 4.69) is 26.1 Å². The predicted octanol–water partition coefficient (Wildman–Crippen LogP) is 2.24. The van der Waals surface area contributed by atoms with E-state index in [1.807, 2.05) is 30.3 Å². The molecular formula is C14H17N5O2S2. The van der Waals surface area contributed by atoms with Crippen molar-refractivity contribution in [2.75, 3.05) is 18.9 Å². The molecule has 2 rings (SSSR count). The number of anilines is 1. The monoisotopic (exact) mass is 351 g/mol. The lowest BCUT2D eigenvalue weighted by atomic mass is 9.95. The minimum Gasteiger partial charge on any atom is -0.359 e. The Bertz CT molecular complexity index is 713. The lowest BCUT2D eigenvalue weighted by Gasteiger charge is -2.17. The van der Waals surface area contributed by atoms with E-state index in [1.165, 1.54) is 11.3 Å². The molecule has 1 atom stereocenters. The molecule has 0 fully saturated rings. The summed E-state index contributed by atoms with van der Waals surface area (Å²) < 4.78 is 0.488. The standard InChI is InChI=1S/C14H17N5O2S2/c1-15-11(20)7-10(9-5-3-2-4-6-9)8-16-12(21)17-13-18-19-14(22)23-13/h2-6,10H,7-8H2,1H3,(H,15,20)(H,19,22)(H2,16,17,18,21). The number of benzene rings is 1. The van der Waals surface area contributed by atoms with Crippen LogP contribution in [0.15, 0.2) is 30.3 Å². The van der Waals surface area contributed by atoms with Gasteiger partial charge >= 0.3 is 6.03 Å². The molecule has 9 heteroatoms. The quantitative estimate of drug-likeness (QED) is 0.600. The zero-order valence-corrected chi connectivity index (χ0v) is 14.1. The second-order valence-electron chi connectivity index (χ2n) is 4.74. The maximum absolute atomic E-state index is 11.9. The van der Waals surface area contributed by atoms with E-state index in [4.69, 9.17) is 12.2 Å². The highest BCUT2D eigenvalue weighted by molar-refractivity contribution is 7.73. The van der Waals surface area contributed by atoms with Gasteiger partial charge < -0.3 is 10.6 Å². The number of nitrogens with one attached hydrogen (secondary N) is 4. The van der Waals surface area contributed by atoms with Crippen LogP contribution in [0.2, 0.25) is 0 Å². The van der Waals surface area contributed by atoms with Crippen molar-refractivity contribution in [1.82, 2.24) is 20.8 Å². The van der Waals surface area contributed by atoms with E-state index >= 15 is 0 Å². The van der Waals surface area contributed by atoms with Crippen LogP contribution in [-0.2, 0) is 4.79 Å². The maximum Gasteiger partial charge on any atom is 0.321 e. The Morgan fingerprint density at radius 2 is 2.09 bits per heavy atom. The van der Waals surface area contributed by atoms with Gasteiger partial charge in [-0.15, -0.1) is 5.10 Å². The summed E-state index contributed by atoms with van der Waals surface area (Å²) >= 11 is 6.07. The van der Waals surface area contributed by atoms with Crippen LogP contribution in [0.4, 0.5) is 9.93 Å². The Kier molecular flexibility index (Phi) is 6.24.